The molecule has 0 spiro atoms. The van der Waals surface area contributed by atoms with Crippen LogP contribution in [-0.2, 0) is 16.0 Å². The third-order valence-corrected chi connectivity index (χ3v) is 3.52. The largest absolute Gasteiger partial charge is 0.469 e. The molecule has 0 bridgehead atoms. The van der Waals surface area contributed by atoms with Crippen LogP contribution in [-0.4, -0.2) is 49.6 Å². The molecule has 0 aromatic carbocycles. The van der Waals surface area contributed by atoms with Crippen molar-refractivity contribution in [2.45, 2.75) is 19.8 Å². The topological polar surface area (TPSA) is 54.5 Å². The predicted molar refractivity (Wildman–Crippen MR) is 74.1 cm³/mol. The minimum absolute atomic E-state index is 0.193. The number of anilines is 1. The highest BCUT2D eigenvalue weighted by Gasteiger charge is 2.05. The first-order valence-corrected chi connectivity index (χ1v) is 6.97. The SMILES string of the molecule is CCN(C)CCNc1nc(CCC(=O)OC)cs1. The molecule has 18 heavy (non-hydrogen) atoms. The van der Waals surface area contributed by atoms with E-state index < -0.39 is 0 Å². The van der Waals surface area contributed by atoms with Crippen LogP contribution in [0.4, 0.5) is 5.13 Å². The Morgan fingerprint density at radius 3 is 3.06 bits per heavy atom. The fourth-order valence-electron chi connectivity index (χ4n) is 1.35. The van der Waals surface area contributed by atoms with Crippen LogP contribution in [0.1, 0.15) is 19.0 Å². The zero-order chi connectivity index (χ0) is 13.4. The molecular formula is C12H21N3O2S. The Balaban J connectivity index is 2.27. The second kappa shape index (κ2) is 8.05. The van der Waals surface area contributed by atoms with Crippen molar-refractivity contribution in [3.05, 3.63) is 11.1 Å². The number of ether oxygens (including phenoxy) is 1. The van der Waals surface area contributed by atoms with Gasteiger partial charge in [-0.25, -0.2) is 4.98 Å². The van der Waals surface area contributed by atoms with Gasteiger partial charge in [0.25, 0.3) is 0 Å². The fraction of sp³-hybridized carbons (Fsp3) is 0.667. The van der Waals surface area contributed by atoms with E-state index in [9.17, 15) is 4.79 Å². The number of hydrogen-bond acceptors (Lipinski definition) is 6. The third-order valence-electron chi connectivity index (χ3n) is 2.67. The van der Waals surface area contributed by atoms with Crippen LogP contribution < -0.4 is 5.32 Å². The number of likely N-dealkylation sites (N-methyl/N-ethyl adjacent to an activating group) is 1. The van der Waals surface area contributed by atoms with Crippen molar-refractivity contribution in [2.24, 2.45) is 0 Å². The molecule has 0 saturated heterocycles. The van der Waals surface area contributed by atoms with Crippen molar-refractivity contribution in [3.63, 3.8) is 0 Å². The van der Waals surface area contributed by atoms with Gasteiger partial charge in [0, 0.05) is 24.9 Å². The minimum Gasteiger partial charge on any atom is -0.469 e. The highest BCUT2D eigenvalue weighted by molar-refractivity contribution is 7.13. The number of thiazole rings is 1. The van der Waals surface area contributed by atoms with Gasteiger partial charge in [0.15, 0.2) is 5.13 Å². The third kappa shape index (κ3) is 5.46. The van der Waals surface area contributed by atoms with Gasteiger partial charge in [0.2, 0.25) is 0 Å². The Morgan fingerprint density at radius 2 is 2.39 bits per heavy atom. The number of esters is 1. The number of aryl methyl sites for hydroxylation is 1. The van der Waals surface area contributed by atoms with Crippen LogP contribution in [0.3, 0.4) is 0 Å². The van der Waals surface area contributed by atoms with E-state index in [1.807, 2.05) is 5.38 Å². The number of carbonyl (C=O) groups is 1. The van der Waals surface area contributed by atoms with Gasteiger partial charge in [-0.15, -0.1) is 11.3 Å². The van der Waals surface area contributed by atoms with Crippen molar-refractivity contribution >= 4 is 22.4 Å². The van der Waals surface area contributed by atoms with E-state index >= 15 is 0 Å². The summed E-state index contributed by atoms with van der Waals surface area (Å²) in [6, 6.07) is 0. The molecule has 1 heterocycles. The molecule has 0 saturated carbocycles. The molecule has 0 aliphatic rings. The minimum atomic E-state index is -0.193. The second-order valence-corrected chi connectivity index (χ2v) is 4.90. The lowest BCUT2D eigenvalue weighted by atomic mass is 10.2. The molecule has 1 aromatic rings. The summed E-state index contributed by atoms with van der Waals surface area (Å²) in [5.41, 5.74) is 0.941. The van der Waals surface area contributed by atoms with Crippen molar-refractivity contribution in [3.8, 4) is 0 Å². The summed E-state index contributed by atoms with van der Waals surface area (Å²) in [5.74, 6) is -0.193. The molecule has 1 aromatic heterocycles. The first kappa shape index (κ1) is 14.9. The Morgan fingerprint density at radius 1 is 1.61 bits per heavy atom. The van der Waals surface area contributed by atoms with Gasteiger partial charge < -0.3 is 15.0 Å². The number of rotatable bonds is 8. The molecule has 1 N–H and O–H groups in total. The molecule has 0 unspecified atom stereocenters. The number of aromatic nitrogens is 1. The summed E-state index contributed by atoms with van der Waals surface area (Å²) < 4.78 is 4.60. The smallest absolute Gasteiger partial charge is 0.305 e. The van der Waals surface area contributed by atoms with Crippen LogP contribution in [0.2, 0.25) is 0 Å². The number of methoxy groups -OCH3 is 1. The van der Waals surface area contributed by atoms with Crippen molar-refractivity contribution in [2.75, 3.05) is 39.1 Å². The highest BCUT2D eigenvalue weighted by atomic mass is 32.1. The highest BCUT2D eigenvalue weighted by Crippen LogP contribution is 2.16. The van der Waals surface area contributed by atoms with E-state index in [-0.39, 0.29) is 5.97 Å². The maximum Gasteiger partial charge on any atom is 0.305 e. The van der Waals surface area contributed by atoms with E-state index in [0.29, 0.717) is 12.8 Å². The van der Waals surface area contributed by atoms with Gasteiger partial charge in [-0.1, -0.05) is 6.92 Å². The normalized spacial score (nSPS) is 10.7. The van der Waals surface area contributed by atoms with E-state index in [4.69, 9.17) is 0 Å². The molecule has 0 radical (unpaired) electrons. The first-order valence-electron chi connectivity index (χ1n) is 6.09. The van der Waals surface area contributed by atoms with Gasteiger partial charge in [-0.2, -0.15) is 0 Å². The Labute approximate surface area is 112 Å². The Kier molecular flexibility index (Phi) is 6.67. The number of nitrogens with zero attached hydrogens (tertiary/aromatic N) is 2. The Bertz CT molecular complexity index is 368. The van der Waals surface area contributed by atoms with Crippen molar-refractivity contribution in [1.82, 2.24) is 9.88 Å². The number of carbonyl (C=O) groups excluding carboxylic acids is 1. The van der Waals surface area contributed by atoms with Gasteiger partial charge in [0.1, 0.15) is 0 Å². The van der Waals surface area contributed by atoms with Crippen LogP contribution in [0, 0.1) is 0 Å². The zero-order valence-electron chi connectivity index (χ0n) is 11.2. The van der Waals surface area contributed by atoms with E-state index in [2.05, 4.69) is 33.9 Å². The summed E-state index contributed by atoms with van der Waals surface area (Å²) in [6.07, 6.45) is 1.03. The van der Waals surface area contributed by atoms with Gasteiger partial charge in [-0.3, -0.25) is 4.79 Å². The van der Waals surface area contributed by atoms with Crippen molar-refractivity contribution < 1.29 is 9.53 Å². The van der Waals surface area contributed by atoms with E-state index in [1.54, 1.807) is 11.3 Å². The first-order chi connectivity index (χ1) is 8.65. The zero-order valence-corrected chi connectivity index (χ0v) is 12.0. The summed E-state index contributed by atoms with van der Waals surface area (Å²) in [5, 5.41) is 6.18. The van der Waals surface area contributed by atoms with Crippen LogP contribution in [0.25, 0.3) is 0 Å². The molecule has 0 atom stereocenters. The van der Waals surface area contributed by atoms with Crippen LogP contribution in [0.15, 0.2) is 5.38 Å². The number of nitrogens with one attached hydrogen (secondary N) is 1. The Hall–Kier alpha value is -1.14. The standard InChI is InChI=1S/C12H21N3O2S/c1-4-15(2)8-7-13-12-14-10(9-18-12)5-6-11(16)17-3/h9H,4-8H2,1-3H3,(H,13,14). The summed E-state index contributed by atoms with van der Waals surface area (Å²) in [4.78, 5) is 17.7. The average molecular weight is 271 g/mol. The van der Waals surface area contributed by atoms with Gasteiger partial charge in [-0.05, 0) is 13.6 Å². The van der Waals surface area contributed by atoms with E-state index in [0.717, 1.165) is 30.5 Å². The lowest BCUT2D eigenvalue weighted by Crippen LogP contribution is -2.24. The molecule has 6 heteroatoms. The molecule has 5 nitrogen and oxygen atoms in total. The lowest BCUT2D eigenvalue weighted by Gasteiger charge is -2.13. The average Bonchev–Trinajstić information content (AvgIpc) is 2.83. The van der Waals surface area contributed by atoms with Gasteiger partial charge >= 0.3 is 5.97 Å². The molecule has 0 aliphatic heterocycles. The molecule has 0 aliphatic carbocycles. The molecule has 0 fully saturated rings. The van der Waals surface area contributed by atoms with Gasteiger partial charge in [0.05, 0.1) is 19.2 Å². The maximum absolute atomic E-state index is 11.0. The quantitative estimate of drug-likeness (QED) is 0.728. The molecule has 102 valence electrons. The maximum atomic E-state index is 11.0. The van der Waals surface area contributed by atoms with Crippen LogP contribution >= 0.6 is 11.3 Å². The molecule has 0 amide bonds. The summed E-state index contributed by atoms with van der Waals surface area (Å²) in [6.45, 7) is 5.06. The van der Waals surface area contributed by atoms with E-state index in [1.165, 1.54) is 7.11 Å². The fourth-order valence-corrected chi connectivity index (χ4v) is 2.12. The summed E-state index contributed by atoms with van der Waals surface area (Å²) in [7, 11) is 3.49. The van der Waals surface area contributed by atoms with Crippen LogP contribution in [0.5, 0.6) is 0 Å². The lowest BCUT2D eigenvalue weighted by molar-refractivity contribution is -0.140. The molecule has 1 rings (SSSR count). The molecular weight excluding hydrogens is 250 g/mol. The van der Waals surface area contributed by atoms with Crippen molar-refractivity contribution in [1.29, 1.82) is 0 Å². The monoisotopic (exact) mass is 271 g/mol. The number of hydrogen-bond donors (Lipinski definition) is 1. The predicted octanol–water partition coefficient (Wildman–Crippen LogP) is 1.61. The second-order valence-electron chi connectivity index (χ2n) is 4.04. The summed E-state index contributed by atoms with van der Waals surface area (Å²) >= 11 is 1.58.